The highest BCUT2D eigenvalue weighted by molar-refractivity contribution is 14.1. The fraction of sp³-hybridized carbons (Fsp3) is 0.875. The first-order chi connectivity index (χ1) is 6.11. The third kappa shape index (κ3) is 6.89. The zero-order chi connectivity index (χ0) is 10.3. The van der Waals surface area contributed by atoms with Crippen molar-refractivity contribution in [3.63, 3.8) is 0 Å². The molecule has 0 heterocycles. The lowest BCUT2D eigenvalue weighted by Gasteiger charge is -2.11. The van der Waals surface area contributed by atoms with Crippen molar-refractivity contribution in [2.24, 2.45) is 5.92 Å². The molecule has 2 atom stereocenters. The van der Waals surface area contributed by atoms with Crippen LogP contribution in [0.25, 0.3) is 0 Å². The molecule has 0 aromatic carbocycles. The molecule has 3 nitrogen and oxygen atoms in total. The third-order valence-electron chi connectivity index (χ3n) is 1.82. The molecule has 0 bridgehead atoms. The fourth-order valence-corrected chi connectivity index (χ4v) is 2.18. The van der Waals surface area contributed by atoms with E-state index in [1.807, 2.05) is 14.0 Å². The van der Waals surface area contributed by atoms with Crippen LogP contribution in [0.2, 0.25) is 0 Å². The first kappa shape index (κ1) is 13.9. The maximum Gasteiger partial charge on any atom is 0.318 e. The monoisotopic (exact) mass is 411 g/mol. The van der Waals surface area contributed by atoms with Gasteiger partial charge in [-0.15, -0.1) is 0 Å². The van der Waals surface area contributed by atoms with E-state index in [1.54, 1.807) is 23.0 Å². The molecule has 1 unspecified atom stereocenters. The quantitative estimate of drug-likeness (QED) is 0.539. The van der Waals surface area contributed by atoms with Crippen LogP contribution >= 0.6 is 45.6 Å². The Bertz CT molecular complexity index is 155. The normalized spacial score (nSPS) is 15.1. The van der Waals surface area contributed by atoms with Crippen LogP contribution in [0, 0.1) is 5.92 Å². The number of carbonyl (C=O) groups excluding carboxylic acids is 1. The van der Waals surface area contributed by atoms with E-state index in [-0.39, 0.29) is 11.9 Å². The van der Waals surface area contributed by atoms with Gasteiger partial charge in [-0.1, -0.05) is 29.5 Å². The van der Waals surface area contributed by atoms with Crippen LogP contribution in [0.15, 0.2) is 0 Å². The van der Waals surface area contributed by atoms with Gasteiger partial charge < -0.3 is 8.38 Å². The van der Waals surface area contributed by atoms with Crippen LogP contribution in [0.1, 0.15) is 19.8 Å². The van der Waals surface area contributed by atoms with E-state index in [2.05, 4.69) is 31.0 Å². The number of nitrogens with one attached hydrogen (secondary N) is 1. The molecule has 0 amide bonds. The zero-order valence-electron chi connectivity index (χ0n) is 7.85. The second-order valence-electron chi connectivity index (χ2n) is 3.03. The van der Waals surface area contributed by atoms with Crippen molar-refractivity contribution in [1.82, 2.24) is 5.32 Å². The van der Waals surface area contributed by atoms with Crippen molar-refractivity contribution in [2.75, 3.05) is 13.6 Å². The number of alkyl halides is 1. The molecule has 0 rings (SSSR count). The van der Waals surface area contributed by atoms with Crippen molar-refractivity contribution in [2.45, 2.75) is 23.7 Å². The Kier molecular flexibility index (Phi) is 8.78. The SMILES string of the molecule is CNCC(I)CC[C@@H](C)C(=O)OI. The van der Waals surface area contributed by atoms with E-state index in [1.165, 1.54) is 0 Å². The molecular formula is C8H15I2NO2. The minimum absolute atomic E-state index is 0.0195. The molecule has 0 aromatic rings. The summed E-state index contributed by atoms with van der Waals surface area (Å²) in [5.74, 6) is -0.0975. The molecule has 0 aliphatic heterocycles. The van der Waals surface area contributed by atoms with Crippen LogP contribution in [0.4, 0.5) is 0 Å². The van der Waals surface area contributed by atoms with Gasteiger partial charge >= 0.3 is 5.97 Å². The van der Waals surface area contributed by atoms with Gasteiger partial charge in [0.1, 0.15) is 0 Å². The molecule has 0 aromatic heterocycles. The van der Waals surface area contributed by atoms with Gasteiger partial charge in [0.2, 0.25) is 0 Å². The first-order valence-electron chi connectivity index (χ1n) is 4.23. The van der Waals surface area contributed by atoms with Gasteiger partial charge in [0.15, 0.2) is 23.0 Å². The highest BCUT2D eigenvalue weighted by Gasteiger charge is 2.15. The van der Waals surface area contributed by atoms with Crippen molar-refractivity contribution in [3.05, 3.63) is 0 Å². The molecule has 0 saturated carbocycles. The van der Waals surface area contributed by atoms with Gasteiger partial charge in [-0.05, 0) is 19.9 Å². The van der Waals surface area contributed by atoms with Crippen molar-refractivity contribution < 1.29 is 7.86 Å². The van der Waals surface area contributed by atoms with E-state index in [4.69, 9.17) is 0 Å². The first-order valence-corrected chi connectivity index (χ1v) is 6.35. The van der Waals surface area contributed by atoms with E-state index < -0.39 is 0 Å². The van der Waals surface area contributed by atoms with E-state index in [0.29, 0.717) is 3.92 Å². The van der Waals surface area contributed by atoms with Crippen LogP contribution in [-0.4, -0.2) is 23.5 Å². The Balaban J connectivity index is 3.56. The van der Waals surface area contributed by atoms with Gasteiger partial charge in [0.05, 0.1) is 5.92 Å². The summed E-state index contributed by atoms with van der Waals surface area (Å²) in [6.07, 6.45) is 1.95. The van der Waals surface area contributed by atoms with E-state index >= 15 is 0 Å². The van der Waals surface area contributed by atoms with Crippen molar-refractivity contribution in [1.29, 1.82) is 0 Å². The second kappa shape index (κ2) is 8.22. The predicted molar refractivity (Wildman–Crippen MR) is 70.2 cm³/mol. The highest BCUT2D eigenvalue weighted by Crippen LogP contribution is 2.15. The van der Waals surface area contributed by atoms with Gasteiger partial charge in [0, 0.05) is 10.5 Å². The van der Waals surface area contributed by atoms with Crippen molar-refractivity contribution >= 4 is 51.6 Å². The molecule has 5 heteroatoms. The average molecular weight is 411 g/mol. The molecule has 1 N–H and O–H groups in total. The van der Waals surface area contributed by atoms with E-state index in [9.17, 15) is 4.79 Å². The van der Waals surface area contributed by atoms with Gasteiger partial charge in [-0.25, -0.2) is 0 Å². The van der Waals surface area contributed by atoms with Gasteiger partial charge in [0.25, 0.3) is 0 Å². The standard InChI is InChI=1S/C8H15I2NO2/c1-6(8(12)13-10)3-4-7(9)5-11-2/h6-7,11H,3-5H2,1-2H3/t6-,7?/m1/s1. The van der Waals surface area contributed by atoms with Crippen LogP contribution in [0.3, 0.4) is 0 Å². The second-order valence-corrected chi connectivity index (χ2v) is 5.23. The smallest absolute Gasteiger partial charge is 0.318 e. The summed E-state index contributed by atoms with van der Waals surface area (Å²) in [7, 11) is 1.94. The van der Waals surface area contributed by atoms with Crippen LogP contribution < -0.4 is 5.32 Å². The molecule has 0 spiro atoms. The summed E-state index contributed by atoms with van der Waals surface area (Å²) in [5, 5.41) is 3.11. The minimum atomic E-state index is -0.117. The summed E-state index contributed by atoms with van der Waals surface area (Å²) in [4.78, 5) is 11.0. The number of hydrogen-bond acceptors (Lipinski definition) is 3. The Morgan fingerprint density at radius 1 is 1.54 bits per heavy atom. The molecule has 13 heavy (non-hydrogen) atoms. The van der Waals surface area contributed by atoms with Gasteiger partial charge in [-0.2, -0.15) is 0 Å². The van der Waals surface area contributed by atoms with Crippen LogP contribution in [-0.2, 0) is 7.86 Å². The Hall–Kier alpha value is 0.890. The lowest BCUT2D eigenvalue weighted by atomic mass is 10.0. The molecule has 0 aliphatic carbocycles. The summed E-state index contributed by atoms with van der Waals surface area (Å²) < 4.78 is 5.21. The average Bonchev–Trinajstić information content (AvgIpc) is 2.13. The maximum absolute atomic E-state index is 11.0. The maximum atomic E-state index is 11.0. The molecule has 0 radical (unpaired) electrons. The Morgan fingerprint density at radius 2 is 2.15 bits per heavy atom. The number of halogens is 2. The molecular weight excluding hydrogens is 396 g/mol. The fourth-order valence-electron chi connectivity index (χ4n) is 0.948. The minimum Gasteiger partial charge on any atom is -0.394 e. The molecule has 78 valence electrons. The number of hydrogen-bond donors (Lipinski definition) is 1. The number of carbonyl (C=O) groups is 1. The number of rotatable bonds is 6. The predicted octanol–water partition coefficient (Wildman–Crippen LogP) is 2.32. The lowest BCUT2D eigenvalue weighted by Crippen LogP contribution is -2.20. The topological polar surface area (TPSA) is 38.3 Å². The summed E-state index contributed by atoms with van der Waals surface area (Å²) in [5.41, 5.74) is 0. The highest BCUT2D eigenvalue weighted by atomic mass is 127. The van der Waals surface area contributed by atoms with Crippen molar-refractivity contribution in [3.8, 4) is 0 Å². The Labute approximate surface area is 107 Å². The molecule has 0 saturated heterocycles. The Morgan fingerprint density at radius 3 is 2.62 bits per heavy atom. The van der Waals surface area contributed by atoms with E-state index in [0.717, 1.165) is 19.4 Å². The summed E-state index contributed by atoms with van der Waals surface area (Å²) >= 11 is 4.03. The largest absolute Gasteiger partial charge is 0.394 e. The summed E-state index contributed by atoms with van der Waals surface area (Å²) in [6, 6.07) is 0. The lowest BCUT2D eigenvalue weighted by molar-refractivity contribution is -0.135. The molecule has 0 aliphatic rings. The van der Waals surface area contributed by atoms with Gasteiger partial charge in [-0.3, -0.25) is 4.79 Å². The third-order valence-corrected chi connectivity index (χ3v) is 3.31. The summed E-state index contributed by atoms with van der Waals surface area (Å²) in [6.45, 7) is 2.90. The van der Waals surface area contributed by atoms with Crippen LogP contribution in [0.5, 0.6) is 0 Å². The zero-order valence-corrected chi connectivity index (χ0v) is 12.2. The molecule has 0 fully saturated rings.